The van der Waals surface area contributed by atoms with Crippen molar-refractivity contribution in [3.63, 3.8) is 0 Å². The van der Waals surface area contributed by atoms with E-state index in [-0.39, 0.29) is 23.8 Å². The van der Waals surface area contributed by atoms with Gasteiger partial charge in [0.15, 0.2) is 0 Å². The SMILES string of the molecule is CC(C)C(NC(=O)c1ccccc1)C(=O)N(Cc1ccccc1)C1CC1. The fourth-order valence-electron chi connectivity index (χ4n) is 3.06. The van der Waals surface area contributed by atoms with Gasteiger partial charge in [-0.1, -0.05) is 62.4 Å². The number of carbonyl (C=O) groups excluding carboxylic acids is 2. The smallest absolute Gasteiger partial charge is 0.251 e. The Morgan fingerprint density at radius 2 is 1.58 bits per heavy atom. The molecule has 1 atom stereocenters. The third-order valence-corrected chi connectivity index (χ3v) is 4.72. The van der Waals surface area contributed by atoms with Crippen LogP contribution < -0.4 is 5.32 Å². The lowest BCUT2D eigenvalue weighted by molar-refractivity contribution is -0.135. The van der Waals surface area contributed by atoms with Crippen LogP contribution in [-0.2, 0) is 11.3 Å². The van der Waals surface area contributed by atoms with E-state index in [0.29, 0.717) is 12.1 Å². The Kier molecular flexibility index (Phi) is 5.71. The lowest BCUT2D eigenvalue weighted by Gasteiger charge is -2.30. The Hall–Kier alpha value is -2.62. The van der Waals surface area contributed by atoms with Crippen LogP contribution in [0.1, 0.15) is 42.6 Å². The number of carbonyl (C=O) groups is 2. The predicted octanol–water partition coefficient (Wildman–Crippen LogP) is 3.63. The number of hydrogen-bond acceptors (Lipinski definition) is 2. The topological polar surface area (TPSA) is 49.4 Å². The van der Waals surface area contributed by atoms with E-state index in [9.17, 15) is 9.59 Å². The third kappa shape index (κ3) is 4.51. The van der Waals surface area contributed by atoms with Crippen molar-refractivity contribution < 1.29 is 9.59 Å². The van der Waals surface area contributed by atoms with Gasteiger partial charge in [0.25, 0.3) is 5.91 Å². The van der Waals surface area contributed by atoms with Crippen LogP contribution in [0.2, 0.25) is 0 Å². The van der Waals surface area contributed by atoms with Crippen molar-refractivity contribution in [1.82, 2.24) is 10.2 Å². The minimum absolute atomic E-state index is 0.00985. The monoisotopic (exact) mass is 350 g/mol. The molecule has 3 rings (SSSR count). The number of rotatable bonds is 7. The highest BCUT2D eigenvalue weighted by molar-refractivity contribution is 5.97. The quantitative estimate of drug-likeness (QED) is 0.829. The first kappa shape index (κ1) is 18.2. The molecule has 2 amide bonds. The summed E-state index contributed by atoms with van der Waals surface area (Å²) in [5.41, 5.74) is 1.69. The van der Waals surface area contributed by atoms with Crippen molar-refractivity contribution in [2.45, 2.75) is 45.3 Å². The molecule has 4 heteroatoms. The molecule has 0 aromatic heterocycles. The second-order valence-corrected chi connectivity index (χ2v) is 7.24. The van der Waals surface area contributed by atoms with Crippen LogP contribution in [0.4, 0.5) is 0 Å². The van der Waals surface area contributed by atoms with Crippen LogP contribution >= 0.6 is 0 Å². The molecule has 1 saturated carbocycles. The highest BCUT2D eigenvalue weighted by Gasteiger charge is 2.37. The molecule has 136 valence electrons. The van der Waals surface area contributed by atoms with Crippen molar-refractivity contribution in [3.05, 3.63) is 71.8 Å². The van der Waals surface area contributed by atoms with Crippen LogP contribution in [0, 0.1) is 5.92 Å². The van der Waals surface area contributed by atoms with Gasteiger partial charge in [-0.05, 0) is 36.5 Å². The van der Waals surface area contributed by atoms with Gasteiger partial charge in [-0.2, -0.15) is 0 Å². The van der Waals surface area contributed by atoms with E-state index >= 15 is 0 Å². The summed E-state index contributed by atoms with van der Waals surface area (Å²) in [7, 11) is 0. The Morgan fingerprint density at radius 1 is 1.00 bits per heavy atom. The van der Waals surface area contributed by atoms with Gasteiger partial charge >= 0.3 is 0 Å². The van der Waals surface area contributed by atoms with Crippen molar-refractivity contribution >= 4 is 11.8 Å². The molecule has 1 aliphatic rings. The van der Waals surface area contributed by atoms with Crippen molar-refractivity contribution in [3.8, 4) is 0 Å². The second kappa shape index (κ2) is 8.17. The third-order valence-electron chi connectivity index (χ3n) is 4.72. The highest BCUT2D eigenvalue weighted by atomic mass is 16.2. The molecular weight excluding hydrogens is 324 g/mol. The minimum atomic E-state index is -0.521. The molecular formula is C22H26N2O2. The zero-order valence-corrected chi connectivity index (χ0v) is 15.4. The summed E-state index contributed by atoms with van der Waals surface area (Å²) in [4.78, 5) is 27.7. The molecule has 0 spiro atoms. The molecule has 2 aromatic rings. The Labute approximate surface area is 155 Å². The van der Waals surface area contributed by atoms with Crippen LogP contribution in [-0.4, -0.2) is 28.8 Å². The molecule has 1 N–H and O–H groups in total. The number of hydrogen-bond donors (Lipinski definition) is 1. The normalized spacial score (nSPS) is 14.7. The molecule has 1 unspecified atom stereocenters. The summed E-state index contributed by atoms with van der Waals surface area (Å²) in [5, 5.41) is 2.95. The maximum atomic E-state index is 13.2. The highest BCUT2D eigenvalue weighted by Crippen LogP contribution is 2.29. The molecule has 0 aliphatic heterocycles. The summed E-state index contributed by atoms with van der Waals surface area (Å²) in [5.74, 6) is -0.170. The summed E-state index contributed by atoms with van der Waals surface area (Å²) >= 11 is 0. The van der Waals surface area contributed by atoms with Gasteiger partial charge in [-0.25, -0.2) is 0 Å². The van der Waals surface area contributed by atoms with E-state index in [4.69, 9.17) is 0 Å². The molecule has 0 saturated heterocycles. The van der Waals surface area contributed by atoms with Gasteiger partial charge in [-0.15, -0.1) is 0 Å². The lowest BCUT2D eigenvalue weighted by Crippen LogP contribution is -2.51. The van der Waals surface area contributed by atoms with Crippen molar-refractivity contribution in [2.24, 2.45) is 5.92 Å². The van der Waals surface area contributed by atoms with Crippen molar-refractivity contribution in [1.29, 1.82) is 0 Å². The zero-order valence-electron chi connectivity index (χ0n) is 15.4. The predicted molar refractivity (Wildman–Crippen MR) is 103 cm³/mol. The van der Waals surface area contributed by atoms with Crippen LogP contribution in [0.5, 0.6) is 0 Å². The molecule has 4 nitrogen and oxygen atoms in total. The number of nitrogens with zero attached hydrogens (tertiary/aromatic N) is 1. The van der Waals surface area contributed by atoms with E-state index < -0.39 is 6.04 Å². The van der Waals surface area contributed by atoms with E-state index in [1.165, 1.54) is 0 Å². The summed E-state index contributed by atoms with van der Waals surface area (Å²) < 4.78 is 0. The van der Waals surface area contributed by atoms with Crippen LogP contribution in [0.3, 0.4) is 0 Å². The lowest BCUT2D eigenvalue weighted by atomic mass is 10.0. The molecule has 26 heavy (non-hydrogen) atoms. The van der Waals surface area contributed by atoms with Gasteiger partial charge in [0.1, 0.15) is 6.04 Å². The summed E-state index contributed by atoms with van der Waals surface area (Å²) in [6.07, 6.45) is 2.08. The van der Waals surface area contributed by atoms with Crippen LogP contribution in [0.25, 0.3) is 0 Å². The van der Waals surface area contributed by atoms with Gasteiger partial charge in [0.2, 0.25) is 5.91 Å². The van der Waals surface area contributed by atoms with Gasteiger partial charge < -0.3 is 10.2 Å². The average molecular weight is 350 g/mol. The first-order chi connectivity index (χ1) is 12.6. The standard InChI is InChI=1S/C22H26N2O2/c1-16(2)20(23-21(25)18-11-7-4-8-12-18)22(26)24(19-13-14-19)15-17-9-5-3-6-10-17/h3-12,16,19-20H,13-15H2,1-2H3,(H,23,25). The molecule has 0 heterocycles. The van der Waals surface area contributed by atoms with E-state index in [2.05, 4.69) is 5.32 Å². The van der Waals surface area contributed by atoms with E-state index in [1.807, 2.05) is 67.3 Å². The molecule has 0 radical (unpaired) electrons. The maximum absolute atomic E-state index is 13.2. The summed E-state index contributed by atoms with van der Waals surface area (Å²) in [6, 6.07) is 18.8. The van der Waals surface area contributed by atoms with E-state index in [1.54, 1.807) is 12.1 Å². The number of benzene rings is 2. The second-order valence-electron chi connectivity index (χ2n) is 7.24. The number of amides is 2. The first-order valence-electron chi connectivity index (χ1n) is 9.26. The van der Waals surface area contributed by atoms with Crippen LogP contribution in [0.15, 0.2) is 60.7 Å². The molecule has 0 bridgehead atoms. The summed E-state index contributed by atoms with van der Waals surface area (Å²) in [6.45, 7) is 4.54. The fourth-order valence-corrected chi connectivity index (χ4v) is 3.06. The largest absolute Gasteiger partial charge is 0.340 e. The fraction of sp³-hybridized carbons (Fsp3) is 0.364. The minimum Gasteiger partial charge on any atom is -0.340 e. The van der Waals surface area contributed by atoms with Gasteiger partial charge in [-0.3, -0.25) is 9.59 Å². The Balaban J connectivity index is 1.75. The number of nitrogens with one attached hydrogen (secondary N) is 1. The van der Waals surface area contributed by atoms with E-state index in [0.717, 1.165) is 18.4 Å². The zero-order chi connectivity index (χ0) is 18.5. The first-order valence-corrected chi connectivity index (χ1v) is 9.26. The molecule has 1 aliphatic carbocycles. The molecule has 2 aromatic carbocycles. The molecule has 1 fully saturated rings. The Bertz CT molecular complexity index is 739. The van der Waals surface area contributed by atoms with Gasteiger partial charge in [0.05, 0.1) is 0 Å². The van der Waals surface area contributed by atoms with Crippen molar-refractivity contribution in [2.75, 3.05) is 0 Å². The van der Waals surface area contributed by atoms with Gasteiger partial charge in [0, 0.05) is 18.2 Å². The Morgan fingerprint density at radius 3 is 2.12 bits per heavy atom. The maximum Gasteiger partial charge on any atom is 0.251 e. The average Bonchev–Trinajstić information content (AvgIpc) is 3.50.